The molecule has 0 spiro atoms. The molecular formula is C27H27N9. The number of fused-ring (bicyclic) bond motifs is 1. The van der Waals surface area contributed by atoms with Gasteiger partial charge in [-0.3, -0.25) is 4.98 Å². The summed E-state index contributed by atoms with van der Waals surface area (Å²) in [5.41, 5.74) is 4.61. The SMILES string of the molecule is c1nc(-c2cc3ccc(-c4cnc([C@@H]5CCCN5)[nH]4)cc3cn2)ncc1-c1c[nH]c([C@@H]2CCCN2)n1. The van der Waals surface area contributed by atoms with Gasteiger partial charge in [-0.2, -0.15) is 0 Å². The van der Waals surface area contributed by atoms with Gasteiger partial charge in [0, 0.05) is 41.3 Å². The Morgan fingerprint density at radius 2 is 1.50 bits per heavy atom. The van der Waals surface area contributed by atoms with Crippen molar-refractivity contribution in [2.24, 2.45) is 0 Å². The van der Waals surface area contributed by atoms with Crippen LogP contribution in [0.1, 0.15) is 49.4 Å². The number of aromatic nitrogens is 7. The van der Waals surface area contributed by atoms with E-state index in [1.165, 1.54) is 12.8 Å². The Labute approximate surface area is 208 Å². The number of aromatic amines is 2. The molecule has 0 radical (unpaired) electrons. The molecular weight excluding hydrogens is 450 g/mol. The summed E-state index contributed by atoms with van der Waals surface area (Å²) < 4.78 is 0. The van der Waals surface area contributed by atoms with Crippen molar-refractivity contribution in [3.05, 3.63) is 66.9 Å². The van der Waals surface area contributed by atoms with Crippen LogP contribution in [0.2, 0.25) is 0 Å². The van der Waals surface area contributed by atoms with Gasteiger partial charge >= 0.3 is 0 Å². The van der Waals surface area contributed by atoms with Crippen molar-refractivity contribution in [3.8, 4) is 34.0 Å². The normalized spacial score (nSPS) is 19.9. The van der Waals surface area contributed by atoms with Gasteiger partial charge in [-0.25, -0.2) is 19.9 Å². The molecule has 7 rings (SSSR count). The third-order valence-electron chi connectivity index (χ3n) is 7.18. The van der Waals surface area contributed by atoms with Gasteiger partial charge in [-0.1, -0.05) is 12.1 Å². The average molecular weight is 478 g/mol. The molecule has 0 amide bonds. The second-order valence-corrected chi connectivity index (χ2v) is 9.58. The largest absolute Gasteiger partial charge is 0.347 e. The van der Waals surface area contributed by atoms with Gasteiger partial charge in [0.2, 0.25) is 0 Å². The van der Waals surface area contributed by atoms with E-state index >= 15 is 0 Å². The molecule has 1 aromatic carbocycles. The maximum atomic E-state index is 4.74. The van der Waals surface area contributed by atoms with Crippen LogP contribution in [0.25, 0.3) is 44.8 Å². The molecule has 2 aliphatic heterocycles. The second kappa shape index (κ2) is 8.92. The molecule has 0 bridgehead atoms. The summed E-state index contributed by atoms with van der Waals surface area (Å²) in [4.78, 5) is 29.9. The molecule has 4 aromatic heterocycles. The van der Waals surface area contributed by atoms with Gasteiger partial charge in [0.25, 0.3) is 0 Å². The van der Waals surface area contributed by atoms with Crippen molar-refractivity contribution in [1.29, 1.82) is 0 Å². The van der Waals surface area contributed by atoms with Crippen molar-refractivity contribution in [2.45, 2.75) is 37.8 Å². The summed E-state index contributed by atoms with van der Waals surface area (Å²) >= 11 is 0. The van der Waals surface area contributed by atoms with E-state index in [1.54, 1.807) is 0 Å². The minimum atomic E-state index is 0.306. The predicted octanol–water partition coefficient (Wildman–Crippen LogP) is 4.32. The Kier molecular flexibility index (Phi) is 5.29. The van der Waals surface area contributed by atoms with Gasteiger partial charge < -0.3 is 20.6 Å². The first-order valence-electron chi connectivity index (χ1n) is 12.6. The Hall–Kier alpha value is -3.95. The van der Waals surface area contributed by atoms with Crippen LogP contribution < -0.4 is 10.6 Å². The number of pyridine rings is 1. The Morgan fingerprint density at radius 1 is 0.694 bits per heavy atom. The quantitative estimate of drug-likeness (QED) is 0.297. The maximum absolute atomic E-state index is 4.74. The van der Waals surface area contributed by atoms with Crippen molar-refractivity contribution in [2.75, 3.05) is 13.1 Å². The highest BCUT2D eigenvalue weighted by Crippen LogP contribution is 2.28. The first kappa shape index (κ1) is 21.3. The number of imidazole rings is 2. The topological polar surface area (TPSA) is 120 Å². The molecule has 0 aliphatic carbocycles. The second-order valence-electron chi connectivity index (χ2n) is 9.58. The van der Waals surface area contributed by atoms with Gasteiger partial charge in [-0.05, 0) is 56.3 Å². The zero-order chi connectivity index (χ0) is 23.9. The molecule has 5 aromatic rings. The lowest BCUT2D eigenvalue weighted by Crippen LogP contribution is -2.14. The molecule has 2 atom stereocenters. The number of hydrogen-bond donors (Lipinski definition) is 4. The standard InChI is InChI=1S/C27H27N9/c1-3-20(28-7-1)26-33-14-23(35-26)17-6-5-16-10-22(30-11-18(16)9-17)25-31-12-19(13-32-25)24-15-34-27(36-24)21-4-2-8-29-21/h5-6,9-15,20-21,28-29H,1-4,7-8H2,(H,33,35)(H,34,36)/t20-,21-/m0/s1. The van der Waals surface area contributed by atoms with Crippen LogP contribution in [0.3, 0.4) is 0 Å². The van der Waals surface area contributed by atoms with E-state index in [2.05, 4.69) is 58.7 Å². The zero-order valence-electron chi connectivity index (χ0n) is 19.8. The maximum Gasteiger partial charge on any atom is 0.178 e. The molecule has 36 heavy (non-hydrogen) atoms. The Balaban J connectivity index is 1.11. The molecule has 180 valence electrons. The summed E-state index contributed by atoms with van der Waals surface area (Å²) in [6, 6.07) is 9.04. The third-order valence-corrected chi connectivity index (χ3v) is 7.18. The summed E-state index contributed by atoms with van der Waals surface area (Å²) in [6.45, 7) is 2.10. The summed E-state index contributed by atoms with van der Waals surface area (Å²) in [5.74, 6) is 2.59. The fourth-order valence-electron chi connectivity index (χ4n) is 5.18. The lowest BCUT2D eigenvalue weighted by Gasteiger charge is -2.06. The highest BCUT2D eigenvalue weighted by Gasteiger charge is 2.20. The molecule has 4 N–H and O–H groups in total. The first-order valence-corrected chi connectivity index (χ1v) is 12.6. The number of benzene rings is 1. The van der Waals surface area contributed by atoms with Crippen LogP contribution in [-0.2, 0) is 0 Å². The summed E-state index contributed by atoms with van der Waals surface area (Å²) in [7, 11) is 0. The molecule has 2 saturated heterocycles. The number of H-pyrrole nitrogens is 2. The Bertz CT molecular complexity index is 1510. The van der Waals surface area contributed by atoms with Crippen molar-refractivity contribution < 1.29 is 0 Å². The van der Waals surface area contributed by atoms with Crippen molar-refractivity contribution in [3.63, 3.8) is 0 Å². The summed E-state index contributed by atoms with van der Waals surface area (Å²) in [5, 5.41) is 9.11. The highest BCUT2D eigenvalue weighted by atomic mass is 15.0. The van der Waals surface area contributed by atoms with Crippen LogP contribution >= 0.6 is 0 Å². The van der Waals surface area contributed by atoms with Gasteiger partial charge in [0.05, 0.1) is 29.7 Å². The molecule has 9 nitrogen and oxygen atoms in total. The molecule has 0 saturated carbocycles. The van der Waals surface area contributed by atoms with Crippen LogP contribution in [0.5, 0.6) is 0 Å². The smallest absolute Gasteiger partial charge is 0.178 e. The van der Waals surface area contributed by atoms with E-state index < -0.39 is 0 Å². The van der Waals surface area contributed by atoms with Crippen molar-refractivity contribution >= 4 is 10.8 Å². The molecule has 2 fully saturated rings. The zero-order valence-corrected chi connectivity index (χ0v) is 19.8. The minimum absolute atomic E-state index is 0.306. The van der Waals surface area contributed by atoms with Gasteiger partial charge in [-0.15, -0.1) is 0 Å². The summed E-state index contributed by atoms with van der Waals surface area (Å²) in [6.07, 6.45) is 14.0. The van der Waals surface area contributed by atoms with Crippen LogP contribution in [0, 0.1) is 0 Å². The first-order chi connectivity index (χ1) is 17.8. The fourth-order valence-corrected chi connectivity index (χ4v) is 5.18. The third kappa shape index (κ3) is 3.96. The number of rotatable bonds is 5. The van der Waals surface area contributed by atoms with Gasteiger partial charge in [0.1, 0.15) is 17.3 Å². The van der Waals surface area contributed by atoms with E-state index in [-0.39, 0.29) is 0 Å². The monoisotopic (exact) mass is 477 g/mol. The van der Waals surface area contributed by atoms with E-state index in [9.17, 15) is 0 Å². The van der Waals surface area contributed by atoms with Crippen LogP contribution in [0.4, 0.5) is 0 Å². The number of nitrogens with zero attached hydrogens (tertiary/aromatic N) is 5. The number of hydrogen-bond acceptors (Lipinski definition) is 7. The Morgan fingerprint density at radius 3 is 2.28 bits per heavy atom. The fraction of sp³-hybridized carbons (Fsp3) is 0.296. The van der Waals surface area contributed by atoms with Gasteiger partial charge in [0.15, 0.2) is 5.82 Å². The molecule has 0 unspecified atom stereocenters. The average Bonchev–Trinajstić information content (AvgIpc) is 3.75. The lowest BCUT2D eigenvalue weighted by atomic mass is 10.1. The van der Waals surface area contributed by atoms with Crippen molar-refractivity contribution in [1.82, 2.24) is 45.5 Å². The van der Waals surface area contributed by atoms with E-state index in [4.69, 9.17) is 4.98 Å². The van der Waals surface area contributed by atoms with E-state index in [0.717, 1.165) is 76.6 Å². The van der Waals surface area contributed by atoms with Crippen LogP contribution in [-0.4, -0.2) is 48.0 Å². The molecule has 6 heterocycles. The predicted molar refractivity (Wildman–Crippen MR) is 138 cm³/mol. The van der Waals surface area contributed by atoms with Crippen LogP contribution in [0.15, 0.2) is 55.2 Å². The lowest BCUT2D eigenvalue weighted by molar-refractivity contribution is 0.613. The molecule has 9 heteroatoms. The highest BCUT2D eigenvalue weighted by molar-refractivity contribution is 5.88. The van der Waals surface area contributed by atoms with E-state index in [1.807, 2.05) is 37.1 Å². The molecule has 2 aliphatic rings. The minimum Gasteiger partial charge on any atom is -0.347 e. The number of nitrogens with one attached hydrogen (secondary N) is 4. The van der Waals surface area contributed by atoms with E-state index in [0.29, 0.717) is 17.9 Å².